The van der Waals surface area contributed by atoms with Crippen LogP contribution in [-0.4, -0.2) is 22.2 Å². The molecule has 0 radical (unpaired) electrons. The maximum absolute atomic E-state index is 9.17. The summed E-state index contributed by atoms with van der Waals surface area (Å²) in [5.41, 5.74) is 0. The van der Waals surface area contributed by atoms with Crippen LogP contribution in [0.3, 0.4) is 0 Å². The third-order valence-electron chi connectivity index (χ3n) is 1.75. The summed E-state index contributed by atoms with van der Waals surface area (Å²) < 4.78 is 0. The van der Waals surface area contributed by atoms with E-state index in [0.717, 1.165) is 0 Å². The van der Waals surface area contributed by atoms with Gasteiger partial charge in [0, 0.05) is 6.04 Å². The van der Waals surface area contributed by atoms with Crippen LogP contribution in [0.25, 0.3) is 0 Å². The highest BCUT2D eigenvalue weighted by Crippen LogP contribution is 2.26. The molecule has 0 aliphatic heterocycles. The third kappa shape index (κ3) is 3.67. The molecule has 82 valence electrons. The lowest BCUT2D eigenvalue weighted by Gasteiger charge is -2.13. The smallest absolute Gasteiger partial charge is 0.185 e. The fourth-order valence-electron chi connectivity index (χ4n) is 1.21. The van der Waals surface area contributed by atoms with E-state index < -0.39 is 0 Å². The van der Waals surface area contributed by atoms with Crippen LogP contribution in [0.2, 0.25) is 5.15 Å². The van der Waals surface area contributed by atoms with Crippen LogP contribution in [-0.2, 0) is 0 Å². The van der Waals surface area contributed by atoms with Crippen LogP contribution >= 0.6 is 22.9 Å². The SMILES string of the molecule is CC(O)CC(C)Nc1nc(Cl)c(C#N)s1. The Hall–Kier alpha value is -0.830. The lowest BCUT2D eigenvalue weighted by Crippen LogP contribution is -2.20. The molecule has 0 aliphatic rings. The normalized spacial score (nSPS) is 14.3. The maximum atomic E-state index is 9.17. The van der Waals surface area contributed by atoms with Crippen molar-refractivity contribution in [2.45, 2.75) is 32.4 Å². The molecular weight excluding hydrogens is 234 g/mol. The second-order valence-corrected chi connectivity index (χ2v) is 4.74. The predicted octanol–water partition coefficient (Wildman–Crippen LogP) is 2.24. The molecule has 1 rings (SSSR count). The Kier molecular flexibility index (Phi) is 4.33. The number of hydrogen-bond donors (Lipinski definition) is 2. The van der Waals surface area contributed by atoms with Crippen LogP contribution in [0.1, 0.15) is 25.1 Å². The van der Waals surface area contributed by atoms with Gasteiger partial charge in [0.05, 0.1) is 6.10 Å². The quantitative estimate of drug-likeness (QED) is 0.854. The summed E-state index contributed by atoms with van der Waals surface area (Å²) in [6, 6.07) is 2.06. The van der Waals surface area contributed by atoms with Gasteiger partial charge in [-0.2, -0.15) is 5.26 Å². The summed E-state index contributed by atoms with van der Waals surface area (Å²) >= 11 is 6.94. The first-order valence-corrected chi connectivity index (χ1v) is 5.73. The van der Waals surface area contributed by atoms with Gasteiger partial charge in [0.15, 0.2) is 10.3 Å². The van der Waals surface area contributed by atoms with Crippen LogP contribution in [0.5, 0.6) is 0 Å². The molecule has 0 fully saturated rings. The molecule has 1 aromatic rings. The van der Waals surface area contributed by atoms with Gasteiger partial charge in [-0.1, -0.05) is 22.9 Å². The average molecular weight is 246 g/mol. The molecule has 0 saturated carbocycles. The van der Waals surface area contributed by atoms with Crippen molar-refractivity contribution in [3.05, 3.63) is 10.0 Å². The van der Waals surface area contributed by atoms with Gasteiger partial charge in [0.25, 0.3) is 0 Å². The summed E-state index contributed by atoms with van der Waals surface area (Å²) in [5.74, 6) is 0. The number of rotatable bonds is 4. The number of aliphatic hydroxyl groups is 1. The molecule has 6 heteroatoms. The van der Waals surface area contributed by atoms with Crippen LogP contribution in [0, 0.1) is 11.3 Å². The van der Waals surface area contributed by atoms with E-state index in [1.165, 1.54) is 11.3 Å². The molecule has 0 bridgehead atoms. The molecule has 0 saturated heterocycles. The van der Waals surface area contributed by atoms with Crippen LogP contribution in [0.15, 0.2) is 0 Å². The number of nitrogens with one attached hydrogen (secondary N) is 1. The molecule has 2 N–H and O–H groups in total. The van der Waals surface area contributed by atoms with E-state index in [1.54, 1.807) is 6.92 Å². The number of aromatic nitrogens is 1. The van der Waals surface area contributed by atoms with Gasteiger partial charge >= 0.3 is 0 Å². The van der Waals surface area contributed by atoms with Gasteiger partial charge in [0.1, 0.15) is 10.9 Å². The first-order valence-electron chi connectivity index (χ1n) is 4.54. The lowest BCUT2D eigenvalue weighted by atomic mass is 10.2. The van der Waals surface area contributed by atoms with Crippen molar-refractivity contribution in [1.82, 2.24) is 4.98 Å². The summed E-state index contributed by atoms with van der Waals surface area (Å²) in [4.78, 5) is 4.40. The zero-order chi connectivity index (χ0) is 11.4. The first-order chi connectivity index (χ1) is 7.02. The molecule has 0 spiro atoms. The fraction of sp³-hybridized carbons (Fsp3) is 0.556. The number of aliphatic hydroxyl groups excluding tert-OH is 1. The Morgan fingerprint density at radius 2 is 2.33 bits per heavy atom. The number of halogens is 1. The number of hydrogen-bond acceptors (Lipinski definition) is 5. The molecule has 0 amide bonds. The molecule has 0 aliphatic carbocycles. The minimum Gasteiger partial charge on any atom is -0.393 e. The van der Waals surface area contributed by atoms with Crippen molar-refractivity contribution in [1.29, 1.82) is 5.26 Å². The van der Waals surface area contributed by atoms with E-state index in [2.05, 4.69) is 10.3 Å². The Morgan fingerprint density at radius 1 is 1.67 bits per heavy atom. The topological polar surface area (TPSA) is 68.9 Å². The summed E-state index contributed by atoms with van der Waals surface area (Å²) in [6.45, 7) is 3.67. The minimum atomic E-state index is -0.363. The average Bonchev–Trinajstić information content (AvgIpc) is 2.44. The molecular formula is C9H12ClN3OS. The van der Waals surface area contributed by atoms with E-state index in [-0.39, 0.29) is 17.3 Å². The Balaban J connectivity index is 2.61. The standard InChI is InChI=1S/C9H12ClN3OS/c1-5(3-6(2)14)12-9-13-8(10)7(4-11)15-9/h5-6,14H,3H2,1-2H3,(H,12,13). The van der Waals surface area contributed by atoms with Crippen molar-refractivity contribution in [2.75, 3.05) is 5.32 Å². The fourth-order valence-corrected chi connectivity index (χ4v) is 2.27. The highest BCUT2D eigenvalue weighted by atomic mass is 35.5. The second-order valence-electron chi connectivity index (χ2n) is 3.38. The van der Waals surface area contributed by atoms with Gasteiger partial charge in [-0.3, -0.25) is 0 Å². The van der Waals surface area contributed by atoms with Crippen LogP contribution in [0.4, 0.5) is 5.13 Å². The van der Waals surface area contributed by atoms with Gasteiger partial charge in [-0.05, 0) is 20.3 Å². The summed E-state index contributed by atoms with van der Waals surface area (Å²) in [6.07, 6.45) is 0.261. The van der Waals surface area contributed by atoms with E-state index in [4.69, 9.17) is 16.9 Å². The van der Waals surface area contributed by atoms with Gasteiger partial charge in [-0.25, -0.2) is 4.98 Å². The molecule has 2 atom stereocenters. The van der Waals surface area contributed by atoms with Gasteiger partial charge in [-0.15, -0.1) is 0 Å². The molecule has 2 unspecified atom stereocenters. The Morgan fingerprint density at radius 3 is 2.80 bits per heavy atom. The molecule has 15 heavy (non-hydrogen) atoms. The predicted molar refractivity (Wildman–Crippen MR) is 61.2 cm³/mol. The monoisotopic (exact) mass is 245 g/mol. The summed E-state index contributed by atoms with van der Waals surface area (Å²) in [7, 11) is 0. The lowest BCUT2D eigenvalue weighted by molar-refractivity contribution is 0.179. The highest BCUT2D eigenvalue weighted by molar-refractivity contribution is 7.16. The summed E-state index contributed by atoms with van der Waals surface area (Å²) in [5, 5.41) is 21.8. The number of thiazole rings is 1. The van der Waals surface area contributed by atoms with Crippen molar-refractivity contribution in [3.63, 3.8) is 0 Å². The van der Waals surface area contributed by atoms with Crippen molar-refractivity contribution in [2.24, 2.45) is 0 Å². The Labute approximate surface area is 97.5 Å². The molecule has 1 heterocycles. The second kappa shape index (κ2) is 5.31. The number of nitriles is 1. The first kappa shape index (κ1) is 12.2. The highest BCUT2D eigenvalue weighted by Gasteiger charge is 2.11. The van der Waals surface area contributed by atoms with E-state index in [0.29, 0.717) is 16.4 Å². The minimum absolute atomic E-state index is 0.0961. The largest absolute Gasteiger partial charge is 0.393 e. The molecule has 1 aromatic heterocycles. The van der Waals surface area contributed by atoms with Crippen LogP contribution < -0.4 is 5.32 Å². The molecule has 4 nitrogen and oxygen atoms in total. The molecule has 0 aromatic carbocycles. The Bertz CT molecular complexity index is 372. The van der Waals surface area contributed by atoms with E-state index in [1.807, 2.05) is 13.0 Å². The van der Waals surface area contributed by atoms with E-state index in [9.17, 15) is 5.11 Å². The van der Waals surface area contributed by atoms with Crippen molar-refractivity contribution >= 4 is 28.1 Å². The van der Waals surface area contributed by atoms with Crippen molar-refractivity contribution in [3.8, 4) is 6.07 Å². The van der Waals surface area contributed by atoms with E-state index >= 15 is 0 Å². The maximum Gasteiger partial charge on any atom is 0.185 e. The zero-order valence-corrected chi connectivity index (χ0v) is 10.1. The van der Waals surface area contributed by atoms with Gasteiger partial charge in [0.2, 0.25) is 0 Å². The zero-order valence-electron chi connectivity index (χ0n) is 8.49. The third-order valence-corrected chi connectivity index (χ3v) is 3.03. The van der Waals surface area contributed by atoms with Crippen molar-refractivity contribution < 1.29 is 5.11 Å². The number of nitrogens with zero attached hydrogens (tertiary/aromatic N) is 2. The number of anilines is 1. The van der Waals surface area contributed by atoms with Gasteiger partial charge < -0.3 is 10.4 Å².